The van der Waals surface area contributed by atoms with Gasteiger partial charge in [-0.05, 0) is 61.1 Å². The highest BCUT2D eigenvalue weighted by Crippen LogP contribution is 2.37. The van der Waals surface area contributed by atoms with Gasteiger partial charge in [-0.3, -0.25) is 0 Å². The summed E-state index contributed by atoms with van der Waals surface area (Å²) in [6, 6.07) is 14.3. The monoisotopic (exact) mass is 315 g/mol. The lowest BCUT2D eigenvalue weighted by Crippen LogP contribution is -2.17. The fraction of sp³-hybridized carbons (Fsp3) is 0.286. The van der Waals surface area contributed by atoms with Crippen LogP contribution in [0.4, 0.5) is 5.69 Å². The van der Waals surface area contributed by atoms with Crippen LogP contribution in [0.15, 0.2) is 42.6 Å². The minimum atomic E-state index is 0.701. The summed E-state index contributed by atoms with van der Waals surface area (Å²) < 4.78 is 2.36. The SMILES string of the molecule is Cc1c(N)cccc1-c1cn(CC2CCC2)c2ccc(C#N)cc12. The van der Waals surface area contributed by atoms with E-state index in [1.54, 1.807) is 0 Å². The first-order valence-corrected chi connectivity index (χ1v) is 8.56. The van der Waals surface area contributed by atoms with Crippen molar-refractivity contribution in [3.05, 3.63) is 53.7 Å². The number of benzene rings is 2. The second-order valence-corrected chi connectivity index (χ2v) is 6.86. The van der Waals surface area contributed by atoms with Gasteiger partial charge in [-0.2, -0.15) is 5.26 Å². The Balaban J connectivity index is 1.93. The summed E-state index contributed by atoms with van der Waals surface area (Å²) in [5, 5.41) is 10.4. The van der Waals surface area contributed by atoms with Crippen molar-refractivity contribution in [2.24, 2.45) is 5.92 Å². The number of nitrogen functional groups attached to an aromatic ring is 1. The van der Waals surface area contributed by atoms with Crippen LogP contribution in [-0.2, 0) is 6.54 Å². The topological polar surface area (TPSA) is 54.7 Å². The molecule has 24 heavy (non-hydrogen) atoms. The molecule has 3 aromatic rings. The molecule has 3 nitrogen and oxygen atoms in total. The van der Waals surface area contributed by atoms with Crippen LogP contribution in [0.5, 0.6) is 0 Å². The van der Waals surface area contributed by atoms with Crippen molar-refractivity contribution in [2.45, 2.75) is 32.7 Å². The van der Waals surface area contributed by atoms with Crippen molar-refractivity contribution >= 4 is 16.6 Å². The molecule has 3 heteroatoms. The second-order valence-electron chi connectivity index (χ2n) is 6.86. The number of hydrogen-bond acceptors (Lipinski definition) is 2. The molecular formula is C21H21N3. The average Bonchev–Trinajstić information content (AvgIpc) is 2.91. The molecule has 0 radical (unpaired) electrons. The van der Waals surface area contributed by atoms with Crippen molar-refractivity contribution in [1.82, 2.24) is 4.57 Å². The summed E-state index contributed by atoms with van der Waals surface area (Å²) in [7, 11) is 0. The third-order valence-electron chi connectivity index (χ3n) is 5.36. The molecule has 0 spiro atoms. The smallest absolute Gasteiger partial charge is 0.0991 e. The standard InChI is InChI=1S/C21H21N3/c1-14-17(6-3-7-20(14)23)19-13-24(12-15-4-2-5-15)21-9-8-16(11-22)10-18(19)21/h3,6-10,13,15H,2,4-5,12,23H2,1H3. The van der Waals surface area contributed by atoms with Crippen molar-refractivity contribution in [1.29, 1.82) is 5.26 Å². The highest BCUT2D eigenvalue weighted by molar-refractivity contribution is 5.98. The van der Waals surface area contributed by atoms with Gasteiger partial charge in [0.05, 0.1) is 11.6 Å². The minimum Gasteiger partial charge on any atom is -0.398 e. The van der Waals surface area contributed by atoms with E-state index in [0.29, 0.717) is 5.56 Å². The highest BCUT2D eigenvalue weighted by Gasteiger charge is 2.20. The predicted molar refractivity (Wildman–Crippen MR) is 98.6 cm³/mol. The molecule has 1 aromatic heterocycles. The number of nitrogens with two attached hydrogens (primary N) is 1. The summed E-state index contributed by atoms with van der Waals surface area (Å²) in [6.07, 6.45) is 6.24. The lowest BCUT2D eigenvalue weighted by Gasteiger charge is -2.26. The third kappa shape index (κ3) is 2.35. The van der Waals surface area contributed by atoms with Gasteiger partial charge in [-0.1, -0.05) is 18.6 Å². The zero-order valence-corrected chi connectivity index (χ0v) is 13.9. The molecule has 1 saturated carbocycles. The molecule has 1 heterocycles. The maximum Gasteiger partial charge on any atom is 0.0991 e. The number of rotatable bonds is 3. The molecule has 2 aromatic carbocycles. The Labute approximate surface area is 142 Å². The van der Waals surface area contributed by atoms with Crippen LogP contribution in [0, 0.1) is 24.2 Å². The lowest BCUT2D eigenvalue weighted by molar-refractivity contribution is 0.280. The molecule has 0 aliphatic heterocycles. The summed E-state index contributed by atoms with van der Waals surface area (Å²) in [4.78, 5) is 0. The molecule has 0 atom stereocenters. The van der Waals surface area contributed by atoms with Gasteiger partial charge < -0.3 is 10.3 Å². The first-order valence-electron chi connectivity index (χ1n) is 8.56. The van der Waals surface area contributed by atoms with Crippen molar-refractivity contribution in [3.8, 4) is 17.2 Å². The Morgan fingerprint density at radius 2 is 2.04 bits per heavy atom. The van der Waals surface area contributed by atoms with Gasteiger partial charge in [0.1, 0.15) is 0 Å². The van der Waals surface area contributed by atoms with Crippen molar-refractivity contribution in [3.63, 3.8) is 0 Å². The van der Waals surface area contributed by atoms with E-state index >= 15 is 0 Å². The quantitative estimate of drug-likeness (QED) is 0.701. The fourth-order valence-electron chi connectivity index (χ4n) is 3.63. The second kappa shape index (κ2) is 5.72. The van der Waals surface area contributed by atoms with Crippen LogP contribution in [-0.4, -0.2) is 4.57 Å². The summed E-state index contributed by atoms with van der Waals surface area (Å²) in [5.41, 5.74) is 12.3. The number of aromatic nitrogens is 1. The highest BCUT2D eigenvalue weighted by atomic mass is 15.0. The normalized spacial score (nSPS) is 14.5. The van der Waals surface area contributed by atoms with Crippen LogP contribution in [0.3, 0.4) is 0 Å². The number of nitriles is 1. The molecule has 0 unspecified atom stereocenters. The van der Waals surface area contributed by atoms with Crippen LogP contribution >= 0.6 is 0 Å². The largest absolute Gasteiger partial charge is 0.398 e. The van der Waals surface area contributed by atoms with Gasteiger partial charge in [0.25, 0.3) is 0 Å². The number of fused-ring (bicyclic) bond motifs is 1. The molecule has 4 rings (SSSR count). The number of anilines is 1. The lowest BCUT2D eigenvalue weighted by atomic mass is 9.85. The van der Waals surface area contributed by atoms with E-state index in [9.17, 15) is 5.26 Å². The molecule has 2 N–H and O–H groups in total. The zero-order valence-electron chi connectivity index (χ0n) is 13.9. The van der Waals surface area contributed by atoms with Gasteiger partial charge in [0.15, 0.2) is 0 Å². The Kier molecular flexibility index (Phi) is 3.54. The van der Waals surface area contributed by atoms with E-state index in [-0.39, 0.29) is 0 Å². The molecular weight excluding hydrogens is 294 g/mol. The Morgan fingerprint density at radius 1 is 1.21 bits per heavy atom. The van der Waals surface area contributed by atoms with Gasteiger partial charge >= 0.3 is 0 Å². The van der Waals surface area contributed by atoms with Gasteiger partial charge in [0, 0.05) is 34.9 Å². The Bertz CT molecular complexity index is 955. The third-order valence-corrected chi connectivity index (χ3v) is 5.36. The van der Waals surface area contributed by atoms with Crippen LogP contribution in [0.2, 0.25) is 0 Å². The molecule has 0 amide bonds. The summed E-state index contributed by atoms with van der Waals surface area (Å²) >= 11 is 0. The first-order chi connectivity index (χ1) is 11.7. The Morgan fingerprint density at radius 3 is 2.75 bits per heavy atom. The van der Waals surface area contributed by atoms with E-state index in [2.05, 4.69) is 35.9 Å². The minimum absolute atomic E-state index is 0.701. The van der Waals surface area contributed by atoms with Crippen LogP contribution in [0.1, 0.15) is 30.4 Å². The van der Waals surface area contributed by atoms with Crippen molar-refractivity contribution in [2.75, 3.05) is 5.73 Å². The van der Waals surface area contributed by atoms with Gasteiger partial charge in [-0.25, -0.2) is 0 Å². The fourth-order valence-corrected chi connectivity index (χ4v) is 3.63. The number of hydrogen-bond donors (Lipinski definition) is 1. The molecule has 1 fully saturated rings. The van der Waals surface area contributed by atoms with E-state index in [1.807, 2.05) is 24.3 Å². The molecule has 1 aliphatic rings. The molecule has 120 valence electrons. The van der Waals surface area contributed by atoms with Crippen LogP contribution in [0.25, 0.3) is 22.0 Å². The summed E-state index contributed by atoms with van der Waals surface area (Å²) in [6.45, 7) is 3.12. The maximum atomic E-state index is 9.28. The summed E-state index contributed by atoms with van der Waals surface area (Å²) in [5.74, 6) is 0.783. The van der Waals surface area contributed by atoms with Gasteiger partial charge in [-0.15, -0.1) is 0 Å². The predicted octanol–water partition coefficient (Wildman–Crippen LogP) is 4.87. The molecule has 0 saturated heterocycles. The van der Waals surface area contributed by atoms with Gasteiger partial charge in [0.2, 0.25) is 0 Å². The van der Waals surface area contributed by atoms with E-state index in [0.717, 1.165) is 34.7 Å². The zero-order chi connectivity index (χ0) is 16.7. The number of nitrogens with zero attached hydrogens (tertiary/aromatic N) is 2. The molecule has 1 aliphatic carbocycles. The maximum absolute atomic E-state index is 9.28. The van der Waals surface area contributed by atoms with E-state index in [1.165, 1.54) is 30.3 Å². The van der Waals surface area contributed by atoms with E-state index < -0.39 is 0 Å². The van der Waals surface area contributed by atoms with Crippen molar-refractivity contribution < 1.29 is 0 Å². The first kappa shape index (κ1) is 14.8. The van der Waals surface area contributed by atoms with E-state index in [4.69, 9.17) is 5.73 Å². The Hall–Kier alpha value is -2.73. The average molecular weight is 315 g/mol. The van der Waals surface area contributed by atoms with Crippen LogP contribution < -0.4 is 5.73 Å². The molecule has 0 bridgehead atoms.